The van der Waals surface area contributed by atoms with Gasteiger partial charge in [-0.25, -0.2) is 4.68 Å². The van der Waals surface area contributed by atoms with Crippen LogP contribution in [0, 0.1) is 0 Å². The van der Waals surface area contributed by atoms with Crippen LogP contribution in [0.3, 0.4) is 0 Å². The Labute approximate surface area is 126 Å². The summed E-state index contributed by atoms with van der Waals surface area (Å²) in [5, 5.41) is 4.36. The molecule has 4 heteroatoms. The summed E-state index contributed by atoms with van der Waals surface area (Å²) < 4.78 is 7.59. The van der Waals surface area contributed by atoms with E-state index in [-0.39, 0.29) is 5.41 Å². The van der Waals surface area contributed by atoms with E-state index in [9.17, 15) is 0 Å². The SMILES string of the molecule is CCc1nn(C)c(Oc2ccc(C(C)(C)CC)cc2)c1N. The molecule has 0 bridgehead atoms. The van der Waals surface area contributed by atoms with E-state index in [1.165, 1.54) is 5.56 Å². The Morgan fingerprint density at radius 1 is 1.19 bits per heavy atom. The Bertz CT molecular complexity index is 612. The summed E-state index contributed by atoms with van der Waals surface area (Å²) in [6.07, 6.45) is 1.90. The molecule has 2 N–H and O–H groups in total. The van der Waals surface area contributed by atoms with E-state index in [1.54, 1.807) is 4.68 Å². The average molecular weight is 287 g/mol. The molecule has 0 saturated carbocycles. The molecule has 0 atom stereocenters. The minimum Gasteiger partial charge on any atom is -0.437 e. The Balaban J connectivity index is 2.23. The first-order chi connectivity index (χ1) is 9.89. The van der Waals surface area contributed by atoms with Crippen molar-refractivity contribution in [2.75, 3.05) is 5.73 Å². The number of hydrogen-bond acceptors (Lipinski definition) is 3. The number of nitrogens with zero attached hydrogens (tertiary/aromatic N) is 2. The first-order valence-electron chi connectivity index (χ1n) is 7.48. The molecule has 0 saturated heterocycles. The van der Waals surface area contributed by atoms with Gasteiger partial charge in [-0.15, -0.1) is 0 Å². The predicted octanol–water partition coefficient (Wildman–Crippen LogP) is 4.04. The summed E-state index contributed by atoms with van der Waals surface area (Å²) >= 11 is 0. The van der Waals surface area contributed by atoms with Crippen molar-refractivity contribution >= 4 is 5.69 Å². The number of hydrogen-bond donors (Lipinski definition) is 1. The van der Waals surface area contributed by atoms with Crippen LogP contribution in [0.15, 0.2) is 24.3 Å². The van der Waals surface area contributed by atoms with E-state index >= 15 is 0 Å². The van der Waals surface area contributed by atoms with Crippen LogP contribution in [0.5, 0.6) is 11.6 Å². The zero-order valence-electron chi connectivity index (χ0n) is 13.6. The van der Waals surface area contributed by atoms with E-state index in [0.29, 0.717) is 11.6 Å². The molecule has 0 amide bonds. The van der Waals surface area contributed by atoms with Crippen molar-refractivity contribution in [3.63, 3.8) is 0 Å². The van der Waals surface area contributed by atoms with Crippen molar-refractivity contribution < 1.29 is 4.74 Å². The number of aromatic nitrogens is 2. The molecule has 2 rings (SSSR count). The fourth-order valence-electron chi connectivity index (χ4n) is 2.25. The summed E-state index contributed by atoms with van der Waals surface area (Å²) in [6, 6.07) is 8.22. The molecule has 114 valence electrons. The highest BCUT2D eigenvalue weighted by Crippen LogP contribution is 2.32. The third-order valence-electron chi connectivity index (χ3n) is 4.18. The maximum absolute atomic E-state index is 6.07. The molecule has 0 aliphatic carbocycles. The first-order valence-corrected chi connectivity index (χ1v) is 7.48. The van der Waals surface area contributed by atoms with Gasteiger partial charge in [0.05, 0.1) is 5.69 Å². The monoisotopic (exact) mass is 287 g/mol. The fraction of sp³-hybridized carbons (Fsp3) is 0.471. The van der Waals surface area contributed by atoms with Crippen LogP contribution in [0.1, 0.15) is 45.4 Å². The van der Waals surface area contributed by atoms with Gasteiger partial charge in [-0.2, -0.15) is 5.10 Å². The molecule has 0 aliphatic heterocycles. The normalized spacial score (nSPS) is 11.7. The van der Waals surface area contributed by atoms with Crippen molar-refractivity contribution in [3.05, 3.63) is 35.5 Å². The molecule has 0 unspecified atom stereocenters. The Morgan fingerprint density at radius 2 is 1.81 bits per heavy atom. The van der Waals surface area contributed by atoms with Gasteiger partial charge in [-0.1, -0.05) is 39.8 Å². The molecular weight excluding hydrogens is 262 g/mol. The zero-order chi connectivity index (χ0) is 15.6. The second kappa shape index (κ2) is 5.80. The number of benzene rings is 1. The molecule has 21 heavy (non-hydrogen) atoms. The van der Waals surface area contributed by atoms with Crippen molar-refractivity contribution in [1.82, 2.24) is 9.78 Å². The van der Waals surface area contributed by atoms with Crippen LogP contribution in [0.4, 0.5) is 5.69 Å². The van der Waals surface area contributed by atoms with Crippen LogP contribution in [-0.2, 0) is 18.9 Å². The molecule has 0 aliphatic rings. The molecular formula is C17H25N3O. The van der Waals surface area contributed by atoms with Gasteiger partial charge >= 0.3 is 0 Å². The van der Waals surface area contributed by atoms with Crippen LogP contribution < -0.4 is 10.5 Å². The van der Waals surface area contributed by atoms with E-state index in [4.69, 9.17) is 10.5 Å². The van der Waals surface area contributed by atoms with Gasteiger partial charge in [-0.3, -0.25) is 0 Å². The zero-order valence-corrected chi connectivity index (χ0v) is 13.6. The summed E-state index contributed by atoms with van der Waals surface area (Å²) in [5.41, 5.74) is 9.06. The summed E-state index contributed by atoms with van der Waals surface area (Å²) in [6.45, 7) is 8.72. The molecule has 1 aromatic heterocycles. The topological polar surface area (TPSA) is 53.1 Å². The number of aryl methyl sites for hydroxylation is 2. The molecule has 4 nitrogen and oxygen atoms in total. The lowest BCUT2D eigenvalue weighted by atomic mass is 9.82. The standard InChI is InChI=1S/C17H25N3O/c1-6-14-15(18)16(20(5)19-14)21-13-10-8-12(9-11-13)17(3,4)7-2/h8-11H,6-7,18H2,1-5H3. The van der Waals surface area contributed by atoms with Crippen LogP contribution >= 0.6 is 0 Å². The number of nitrogens with two attached hydrogens (primary N) is 1. The van der Waals surface area contributed by atoms with Crippen molar-refractivity contribution in [2.45, 2.75) is 46.0 Å². The molecule has 0 fully saturated rings. The Morgan fingerprint density at radius 3 is 2.29 bits per heavy atom. The van der Waals surface area contributed by atoms with Crippen LogP contribution in [-0.4, -0.2) is 9.78 Å². The number of nitrogen functional groups attached to an aromatic ring is 1. The smallest absolute Gasteiger partial charge is 0.241 e. The van der Waals surface area contributed by atoms with Gasteiger partial charge in [0.1, 0.15) is 11.4 Å². The lowest BCUT2D eigenvalue weighted by Crippen LogP contribution is -2.14. The Kier molecular flexibility index (Phi) is 4.26. The quantitative estimate of drug-likeness (QED) is 0.902. The molecule has 0 radical (unpaired) electrons. The maximum atomic E-state index is 6.07. The van der Waals surface area contributed by atoms with Gasteiger partial charge in [0.2, 0.25) is 5.88 Å². The summed E-state index contributed by atoms with van der Waals surface area (Å²) in [5.74, 6) is 1.39. The van der Waals surface area contributed by atoms with Crippen LogP contribution in [0.25, 0.3) is 0 Å². The van der Waals surface area contributed by atoms with E-state index in [1.807, 2.05) is 26.1 Å². The van der Waals surface area contributed by atoms with E-state index in [0.717, 1.165) is 24.3 Å². The molecule has 1 aromatic carbocycles. The lowest BCUT2D eigenvalue weighted by Gasteiger charge is -2.23. The van der Waals surface area contributed by atoms with Crippen LogP contribution in [0.2, 0.25) is 0 Å². The highest BCUT2D eigenvalue weighted by molar-refractivity contribution is 5.54. The predicted molar refractivity (Wildman–Crippen MR) is 86.8 cm³/mol. The van der Waals surface area contributed by atoms with Gasteiger partial charge in [0.25, 0.3) is 0 Å². The molecule has 2 aromatic rings. The van der Waals surface area contributed by atoms with Crippen molar-refractivity contribution in [3.8, 4) is 11.6 Å². The first kappa shape index (κ1) is 15.4. The second-order valence-corrected chi connectivity index (χ2v) is 6.01. The maximum Gasteiger partial charge on any atom is 0.241 e. The Hall–Kier alpha value is -1.97. The highest BCUT2D eigenvalue weighted by atomic mass is 16.5. The largest absolute Gasteiger partial charge is 0.437 e. The van der Waals surface area contributed by atoms with Crippen molar-refractivity contribution in [1.29, 1.82) is 0 Å². The lowest BCUT2D eigenvalue weighted by molar-refractivity contribution is 0.431. The third-order valence-corrected chi connectivity index (χ3v) is 4.18. The summed E-state index contributed by atoms with van der Waals surface area (Å²) in [4.78, 5) is 0. The van der Waals surface area contributed by atoms with Gasteiger partial charge in [0.15, 0.2) is 0 Å². The average Bonchev–Trinajstić information content (AvgIpc) is 2.75. The van der Waals surface area contributed by atoms with E-state index < -0.39 is 0 Å². The fourth-order valence-corrected chi connectivity index (χ4v) is 2.25. The minimum atomic E-state index is 0.180. The number of anilines is 1. The highest BCUT2D eigenvalue weighted by Gasteiger charge is 2.18. The van der Waals surface area contributed by atoms with Gasteiger partial charge < -0.3 is 10.5 Å². The molecule has 1 heterocycles. The second-order valence-electron chi connectivity index (χ2n) is 6.01. The van der Waals surface area contributed by atoms with Gasteiger partial charge in [0, 0.05) is 7.05 Å². The summed E-state index contributed by atoms with van der Waals surface area (Å²) in [7, 11) is 1.85. The minimum absolute atomic E-state index is 0.180. The van der Waals surface area contributed by atoms with E-state index in [2.05, 4.69) is 38.0 Å². The number of ether oxygens (including phenoxy) is 1. The third kappa shape index (κ3) is 3.04. The van der Waals surface area contributed by atoms with Gasteiger partial charge in [-0.05, 0) is 36.0 Å². The molecule has 0 spiro atoms. The number of rotatable bonds is 5. The van der Waals surface area contributed by atoms with Crippen molar-refractivity contribution in [2.24, 2.45) is 7.05 Å².